The summed E-state index contributed by atoms with van der Waals surface area (Å²) in [6.07, 6.45) is 1.14. The third kappa shape index (κ3) is 3.14. The lowest BCUT2D eigenvalue weighted by Gasteiger charge is -2.28. The highest BCUT2D eigenvalue weighted by Crippen LogP contribution is 2.27. The molecule has 6 heteroatoms. The van der Waals surface area contributed by atoms with E-state index in [2.05, 4.69) is 5.32 Å². The molecule has 0 saturated carbocycles. The molecule has 20 heavy (non-hydrogen) atoms. The molecule has 0 fully saturated rings. The molecule has 0 aliphatic carbocycles. The van der Waals surface area contributed by atoms with Crippen molar-refractivity contribution in [3.05, 3.63) is 29.6 Å². The zero-order valence-electron chi connectivity index (χ0n) is 11.6. The van der Waals surface area contributed by atoms with Gasteiger partial charge in [-0.3, -0.25) is 4.79 Å². The summed E-state index contributed by atoms with van der Waals surface area (Å²) < 4.78 is 13.5. The highest BCUT2D eigenvalue weighted by molar-refractivity contribution is 5.96. The van der Waals surface area contributed by atoms with Gasteiger partial charge >= 0.3 is 5.97 Å². The lowest BCUT2D eigenvalue weighted by molar-refractivity contribution is -0.125. The second-order valence-electron chi connectivity index (χ2n) is 4.65. The lowest BCUT2D eigenvalue weighted by Crippen LogP contribution is -2.41. The van der Waals surface area contributed by atoms with Crippen molar-refractivity contribution in [2.45, 2.75) is 26.7 Å². The predicted molar refractivity (Wildman–Crippen MR) is 74.1 cm³/mol. The molecule has 0 bridgehead atoms. The number of hydrogen-bond donors (Lipinski definition) is 3. The van der Waals surface area contributed by atoms with Crippen LogP contribution < -0.4 is 11.1 Å². The first kappa shape index (κ1) is 16.1. The second kappa shape index (κ2) is 6.47. The number of carboxylic acids is 1. The van der Waals surface area contributed by atoms with Crippen LogP contribution in [0.15, 0.2) is 18.2 Å². The first-order valence-corrected chi connectivity index (χ1v) is 6.44. The molecule has 0 heterocycles. The molecule has 1 amide bonds. The minimum absolute atomic E-state index is 0.196. The Morgan fingerprint density at radius 1 is 1.35 bits per heavy atom. The topological polar surface area (TPSA) is 92.4 Å². The Bertz CT molecular complexity index is 505. The standard InChI is InChI=1S/C14H19FN2O3/c1-3-14(4-2,8-16)13(20)17-9-5-6-10(12(18)19)11(15)7-9/h5-7H,3-4,8,16H2,1-2H3,(H,17,20)(H,18,19). The Kier molecular flexibility index (Phi) is 5.21. The van der Waals surface area contributed by atoms with Crippen LogP contribution in [0.4, 0.5) is 10.1 Å². The van der Waals surface area contributed by atoms with Crippen LogP contribution in [0, 0.1) is 11.2 Å². The number of nitrogens with two attached hydrogens (primary N) is 1. The fraction of sp³-hybridized carbons (Fsp3) is 0.429. The average Bonchev–Trinajstić information content (AvgIpc) is 2.41. The first-order valence-electron chi connectivity index (χ1n) is 6.44. The maximum absolute atomic E-state index is 13.5. The molecular weight excluding hydrogens is 263 g/mol. The average molecular weight is 282 g/mol. The SMILES string of the molecule is CCC(CC)(CN)C(=O)Nc1ccc(C(=O)O)c(F)c1. The molecule has 0 saturated heterocycles. The van der Waals surface area contributed by atoms with Crippen molar-refractivity contribution in [3.8, 4) is 0 Å². The van der Waals surface area contributed by atoms with Gasteiger partial charge in [-0.25, -0.2) is 9.18 Å². The maximum Gasteiger partial charge on any atom is 0.338 e. The molecule has 0 radical (unpaired) electrons. The van der Waals surface area contributed by atoms with Crippen LogP contribution in [0.1, 0.15) is 37.0 Å². The monoisotopic (exact) mass is 282 g/mol. The number of rotatable bonds is 6. The molecule has 5 nitrogen and oxygen atoms in total. The van der Waals surface area contributed by atoms with E-state index in [4.69, 9.17) is 10.8 Å². The van der Waals surface area contributed by atoms with E-state index in [0.29, 0.717) is 12.8 Å². The second-order valence-corrected chi connectivity index (χ2v) is 4.65. The third-order valence-corrected chi connectivity index (χ3v) is 3.68. The van der Waals surface area contributed by atoms with Crippen LogP contribution >= 0.6 is 0 Å². The fourth-order valence-electron chi connectivity index (χ4n) is 1.98. The largest absolute Gasteiger partial charge is 0.478 e. The zero-order chi connectivity index (χ0) is 15.3. The molecule has 0 aromatic heterocycles. The Morgan fingerprint density at radius 2 is 1.95 bits per heavy atom. The Balaban J connectivity index is 2.96. The van der Waals surface area contributed by atoms with Gasteiger partial charge < -0.3 is 16.2 Å². The van der Waals surface area contributed by atoms with Crippen LogP contribution in [-0.4, -0.2) is 23.5 Å². The number of nitrogens with one attached hydrogen (secondary N) is 1. The van der Waals surface area contributed by atoms with Crippen LogP contribution in [-0.2, 0) is 4.79 Å². The van der Waals surface area contributed by atoms with E-state index in [1.165, 1.54) is 6.07 Å². The van der Waals surface area contributed by atoms with Crippen LogP contribution in [0.5, 0.6) is 0 Å². The lowest BCUT2D eigenvalue weighted by atomic mass is 9.81. The smallest absolute Gasteiger partial charge is 0.338 e. The van der Waals surface area contributed by atoms with E-state index in [1.807, 2.05) is 13.8 Å². The third-order valence-electron chi connectivity index (χ3n) is 3.68. The summed E-state index contributed by atoms with van der Waals surface area (Å²) in [5.41, 5.74) is 4.76. The van der Waals surface area contributed by atoms with E-state index < -0.39 is 22.8 Å². The molecule has 110 valence electrons. The highest BCUT2D eigenvalue weighted by atomic mass is 19.1. The van der Waals surface area contributed by atoms with Crippen molar-refractivity contribution >= 4 is 17.6 Å². The van der Waals surface area contributed by atoms with Crippen molar-refractivity contribution in [1.82, 2.24) is 0 Å². The molecule has 0 aliphatic heterocycles. The van der Waals surface area contributed by atoms with Gasteiger partial charge in [0.25, 0.3) is 0 Å². The number of carbonyl (C=O) groups excluding carboxylic acids is 1. The van der Waals surface area contributed by atoms with Gasteiger partial charge in [0.15, 0.2) is 0 Å². The normalized spacial score (nSPS) is 11.2. The van der Waals surface area contributed by atoms with Gasteiger partial charge in [0, 0.05) is 12.2 Å². The molecule has 1 aromatic rings. The van der Waals surface area contributed by atoms with Crippen molar-refractivity contribution in [1.29, 1.82) is 0 Å². The predicted octanol–water partition coefficient (Wildman–Crippen LogP) is 2.23. The number of benzene rings is 1. The van der Waals surface area contributed by atoms with E-state index in [9.17, 15) is 14.0 Å². The summed E-state index contributed by atoms with van der Waals surface area (Å²) in [6, 6.07) is 3.47. The number of anilines is 1. The van der Waals surface area contributed by atoms with Crippen LogP contribution in [0.3, 0.4) is 0 Å². The summed E-state index contributed by atoms with van der Waals surface area (Å²) in [5.74, 6) is -2.52. The summed E-state index contributed by atoms with van der Waals surface area (Å²) in [6.45, 7) is 3.93. The summed E-state index contributed by atoms with van der Waals surface area (Å²) in [5, 5.41) is 11.3. The van der Waals surface area contributed by atoms with Gasteiger partial charge in [-0.05, 0) is 31.0 Å². The van der Waals surface area contributed by atoms with Gasteiger partial charge in [0.05, 0.1) is 11.0 Å². The van der Waals surface area contributed by atoms with E-state index in [0.717, 1.165) is 12.1 Å². The Morgan fingerprint density at radius 3 is 2.35 bits per heavy atom. The van der Waals surface area contributed by atoms with E-state index in [-0.39, 0.29) is 18.1 Å². The quantitative estimate of drug-likeness (QED) is 0.746. The van der Waals surface area contributed by atoms with Gasteiger partial charge in [-0.1, -0.05) is 13.8 Å². The fourth-order valence-corrected chi connectivity index (χ4v) is 1.98. The summed E-state index contributed by atoms with van der Waals surface area (Å²) in [7, 11) is 0. The van der Waals surface area contributed by atoms with Crippen molar-refractivity contribution in [2.24, 2.45) is 11.1 Å². The molecule has 0 aliphatic rings. The molecule has 0 atom stereocenters. The number of carbonyl (C=O) groups is 2. The molecule has 0 spiro atoms. The van der Waals surface area contributed by atoms with Gasteiger partial charge in [0.1, 0.15) is 5.82 Å². The number of amides is 1. The number of carboxylic acid groups (broad SMARTS) is 1. The van der Waals surface area contributed by atoms with E-state index in [1.54, 1.807) is 0 Å². The maximum atomic E-state index is 13.5. The Hall–Kier alpha value is -1.95. The minimum atomic E-state index is -1.35. The zero-order valence-corrected chi connectivity index (χ0v) is 11.6. The van der Waals surface area contributed by atoms with E-state index >= 15 is 0 Å². The van der Waals surface area contributed by atoms with Crippen LogP contribution in [0.2, 0.25) is 0 Å². The van der Waals surface area contributed by atoms with Gasteiger partial charge in [-0.2, -0.15) is 0 Å². The van der Waals surface area contributed by atoms with Crippen molar-refractivity contribution < 1.29 is 19.1 Å². The summed E-state index contributed by atoms with van der Waals surface area (Å²) in [4.78, 5) is 22.9. The highest BCUT2D eigenvalue weighted by Gasteiger charge is 2.33. The molecule has 4 N–H and O–H groups in total. The number of hydrogen-bond acceptors (Lipinski definition) is 3. The van der Waals surface area contributed by atoms with Gasteiger partial charge in [0.2, 0.25) is 5.91 Å². The first-order chi connectivity index (χ1) is 9.40. The number of halogens is 1. The van der Waals surface area contributed by atoms with Crippen LogP contribution in [0.25, 0.3) is 0 Å². The minimum Gasteiger partial charge on any atom is -0.478 e. The molecule has 1 aromatic carbocycles. The Labute approximate surface area is 117 Å². The molecule has 1 rings (SSSR count). The van der Waals surface area contributed by atoms with Crippen molar-refractivity contribution in [2.75, 3.05) is 11.9 Å². The van der Waals surface area contributed by atoms with Gasteiger partial charge in [-0.15, -0.1) is 0 Å². The molecular formula is C14H19FN2O3. The summed E-state index contributed by atoms with van der Waals surface area (Å²) >= 11 is 0. The number of aromatic carboxylic acids is 1. The molecule has 0 unspecified atom stereocenters. The van der Waals surface area contributed by atoms with Crippen molar-refractivity contribution in [3.63, 3.8) is 0 Å².